The number of nitrogens with zero attached hydrogens (tertiary/aromatic N) is 4. The third-order valence-electron chi connectivity index (χ3n) is 5.77. The van der Waals surface area contributed by atoms with Crippen molar-refractivity contribution >= 4 is 16.9 Å². The highest BCUT2D eigenvalue weighted by molar-refractivity contribution is 5.98. The molecule has 0 atom stereocenters. The number of aromatic nitrogens is 5. The molecule has 0 saturated heterocycles. The molecule has 0 amide bonds. The Bertz CT molecular complexity index is 1570. The summed E-state index contributed by atoms with van der Waals surface area (Å²) in [6.07, 6.45) is -3.06. The van der Waals surface area contributed by atoms with Gasteiger partial charge in [0.1, 0.15) is 17.4 Å². The van der Waals surface area contributed by atoms with Crippen molar-refractivity contribution in [2.75, 3.05) is 6.61 Å². The smallest absolute Gasteiger partial charge is 0.430 e. The van der Waals surface area contributed by atoms with Crippen LogP contribution < -0.4 is 10.8 Å². The number of aromatic amines is 1. The zero-order valence-electron chi connectivity index (χ0n) is 20.4. The summed E-state index contributed by atoms with van der Waals surface area (Å²) in [5, 5.41) is 30.2. The Morgan fingerprint density at radius 1 is 0.949 bits per heavy atom. The molecular formula is C27H23F3N6O3. The maximum Gasteiger partial charge on any atom is 0.430 e. The van der Waals surface area contributed by atoms with Crippen LogP contribution in [0, 0.1) is 0 Å². The first kappa shape index (κ1) is 27.4. The number of carbonyl (C=O) groups is 1. The van der Waals surface area contributed by atoms with Crippen molar-refractivity contribution < 1.29 is 33.9 Å². The van der Waals surface area contributed by atoms with E-state index < -0.39 is 12.1 Å². The van der Waals surface area contributed by atoms with Crippen molar-refractivity contribution in [2.45, 2.75) is 19.1 Å². The Kier molecular flexibility index (Phi) is 8.27. The van der Waals surface area contributed by atoms with Crippen molar-refractivity contribution in [3.8, 4) is 33.8 Å². The Labute approximate surface area is 220 Å². The highest BCUT2D eigenvalue weighted by Gasteiger charge is 2.28. The summed E-state index contributed by atoms with van der Waals surface area (Å²) >= 11 is 0. The van der Waals surface area contributed by atoms with Crippen LogP contribution in [0.2, 0.25) is 0 Å². The Morgan fingerprint density at radius 2 is 1.64 bits per heavy atom. The number of carboxylic acids is 1. The monoisotopic (exact) mass is 536 g/mol. The largest absolute Gasteiger partial charge is 0.542 e. The number of carbonyl (C=O) groups excluding carboxylic acids is 1. The van der Waals surface area contributed by atoms with E-state index in [9.17, 15) is 18.3 Å². The van der Waals surface area contributed by atoms with Gasteiger partial charge in [-0.2, -0.15) is 28.6 Å². The van der Waals surface area contributed by atoms with Gasteiger partial charge in [-0.25, -0.2) is 4.98 Å². The molecule has 3 aromatic heterocycles. The molecule has 2 aromatic carbocycles. The molecule has 5 aromatic rings. The van der Waals surface area contributed by atoms with Gasteiger partial charge in [0.25, 0.3) is 0 Å². The average molecular weight is 537 g/mol. The number of aliphatic hydroxyl groups excluding tert-OH is 1. The molecule has 200 valence electrons. The Balaban J connectivity index is 0.000000448. The number of H-pyrrole nitrogens is 1. The van der Waals surface area contributed by atoms with Crippen LogP contribution in [0.4, 0.5) is 13.2 Å². The standard InChI is InChI=1S/C25H22N6O.C2HF3O2/c26-15-16-6-8-18(9-7-16)23-19(17-4-2-1-3-5-17)14-20-21(28-23)10-12-27-24(20)25-22(11-13-32)29-31-30-25;3-2(4,5)1(6)7/h1-10,12,14,32H,11,13,15,26H2,(H,29,30,31);(H,6,7). The highest BCUT2D eigenvalue weighted by atomic mass is 19.4. The second-order valence-electron chi connectivity index (χ2n) is 8.30. The molecule has 0 spiro atoms. The van der Waals surface area contributed by atoms with E-state index in [1.165, 1.54) is 5.56 Å². The van der Waals surface area contributed by atoms with Gasteiger partial charge in [0.15, 0.2) is 0 Å². The van der Waals surface area contributed by atoms with Gasteiger partial charge in [-0.1, -0.05) is 54.6 Å². The number of benzene rings is 2. The molecule has 0 aliphatic carbocycles. The third kappa shape index (κ3) is 6.25. The summed E-state index contributed by atoms with van der Waals surface area (Å²) in [7, 11) is 0. The number of fused-ring (bicyclic) bond motifs is 1. The first-order valence-electron chi connectivity index (χ1n) is 11.8. The molecule has 0 bridgehead atoms. The number of hydrogen-bond donors (Lipinski definition) is 3. The van der Waals surface area contributed by atoms with Gasteiger partial charge in [-0.15, -0.1) is 0 Å². The lowest BCUT2D eigenvalue weighted by atomic mass is 9.96. The molecule has 9 nitrogen and oxygen atoms in total. The minimum Gasteiger partial charge on any atom is -0.542 e. The van der Waals surface area contributed by atoms with Gasteiger partial charge in [0.2, 0.25) is 0 Å². The molecule has 0 fully saturated rings. The van der Waals surface area contributed by atoms with Crippen molar-refractivity contribution in [1.82, 2.24) is 25.4 Å². The van der Waals surface area contributed by atoms with Crippen molar-refractivity contribution in [2.24, 2.45) is 0 Å². The number of carboxylic acid groups (broad SMARTS) is 1. The van der Waals surface area contributed by atoms with E-state index in [-0.39, 0.29) is 6.61 Å². The van der Waals surface area contributed by atoms with Crippen LogP contribution in [0.3, 0.4) is 0 Å². The summed E-state index contributed by atoms with van der Waals surface area (Å²) in [4.78, 5) is 18.4. The lowest BCUT2D eigenvalue weighted by molar-refractivity contribution is -0.386. The van der Waals surface area contributed by atoms with Crippen molar-refractivity contribution in [3.05, 3.63) is 84.2 Å². The van der Waals surface area contributed by atoms with Gasteiger partial charge < -0.3 is 20.7 Å². The summed E-state index contributed by atoms with van der Waals surface area (Å²) < 4.78 is 31.5. The first-order valence-corrected chi connectivity index (χ1v) is 11.8. The molecule has 0 saturated carbocycles. The SMILES string of the molecule is O=C([O-])C(F)(F)F.[NH3+]Cc1ccc(-c2nc3ccnc(-c4n[nH]nc4CCO)c3cc2-c2ccccc2)cc1. The number of aliphatic carboxylic acids is 1. The zero-order valence-corrected chi connectivity index (χ0v) is 20.4. The number of alkyl halides is 3. The summed E-state index contributed by atoms with van der Waals surface area (Å²) in [6.45, 7) is 0.741. The van der Waals surface area contributed by atoms with Crippen molar-refractivity contribution in [3.63, 3.8) is 0 Å². The van der Waals surface area contributed by atoms with E-state index in [1.807, 2.05) is 24.3 Å². The number of quaternary nitrogens is 1. The van der Waals surface area contributed by atoms with Gasteiger partial charge in [-0.3, -0.25) is 4.98 Å². The van der Waals surface area contributed by atoms with Crippen LogP contribution in [0.25, 0.3) is 44.7 Å². The zero-order chi connectivity index (χ0) is 28.0. The maximum atomic E-state index is 10.5. The lowest BCUT2D eigenvalue weighted by Crippen LogP contribution is -2.47. The van der Waals surface area contributed by atoms with E-state index in [1.54, 1.807) is 6.20 Å². The number of aliphatic hydroxyl groups is 1. The Morgan fingerprint density at radius 3 is 2.26 bits per heavy atom. The predicted octanol–water partition coefficient (Wildman–Crippen LogP) is 2.32. The summed E-state index contributed by atoms with van der Waals surface area (Å²) in [5.74, 6) is -3.01. The third-order valence-corrected chi connectivity index (χ3v) is 5.77. The average Bonchev–Trinajstić information content (AvgIpc) is 3.40. The van der Waals surface area contributed by atoms with Crippen LogP contribution in [0.1, 0.15) is 11.3 Å². The predicted molar refractivity (Wildman–Crippen MR) is 134 cm³/mol. The van der Waals surface area contributed by atoms with Crippen LogP contribution in [-0.4, -0.2) is 49.2 Å². The number of halogens is 3. The van der Waals surface area contributed by atoms with Gasteiger partial charge in [0.05, 0.1) is 23.4 Å². The molecule has 5 rings (SSSR count). The number of nitrogens with one attached hydrogen (secondary N) is 1. The van der Waals surface area contributed by atoms with Gasteiger partial charge in [-0.05, 0) is 17.7 Å². The molecule has 0 aliphatic heterocycles. The number of pyridine rings is 2. The number of hydrogen-bond acceptors (Lipinski definition) is 7. The van der Waals surface area contributed by atoms with Crippen LogP contribution >= 0.6 is 0 Å². The first-order chi connectivity index (χ1) is 18.7. The van der Waals surface area contributed by atoms with E-state index in [2.05, 4.69) is 68.6 Å². The van der Waals surface area contributed by atoms with Crippen molar-refractivity contribution in [1.29, 1.82) is 0 Å². The quantitative estimate of drug-likeness (QED) is 0.301. The van der Waals surface area contributed by atoms with E-state index >= 15 is 0 Å². The molecular weight excluding hydrogens is 513 g/mol. The minimum absolute atomic E-state index is 0.00869. The van der Waals surface area contributed by atoms with E-state index in [4.69, 9.17) is 14.9 Å². The minimum atomic E-state index is -5.19. The van der Waals surface area contributed by atoms with Gasteiger partial charge >= 0.3 is 6.18 Å². The fraction of sp³-hybridized carbons (Fsp3) is 0.148. The highest BCUT2D eigenvalue weighted by Crippen LogP contribution is 2.36. The molecule has 5 N–H and O–H groups in total. The Hall–Kier alpha value is -4.68. The molecule has 0 aliphatic rings. The molecule has 12 heteroatoms. The van der Waals surface area contributed by atoms with E-state index in [0.29, 0.717) is 23.5 Å². The topological polar surface area (TPSA) is 155 Å². The second kappa shape index (κ2) is 11.8. The fourth-order valence-electron chi connectivity index (χ4n) is 3.89. The second-order valence-corrected chi connectivity index (χ2v) is 8.30. The van der Waals surface area contributed by atoms with Gasteiger partial charge in [0, 0.05) is 41.3 Å². The molecule has 39 heavy (non-hydrogen) atoms. The van der Waals surface area contributed by atoms with Crippen LogP contribution in [-0.2, 0) is 17.8 Å². The fourth-order valence-corrected chi connectivity index (χ4v) is 3.89. The molecule has 3 heterocycles. The normalized spacial score (nSPS) is 11.2. The van der Waals surface area contributed by atoms with Crippen LogP contribution in [0.15, 0.2) is 72.9 Å². The summed E-state index contributed by atoms with van der Waals surface area (Å²) in [5.41, 5.74) is 12.0. The maximum absolute atomic E-state index is 10.5. The van der Waals surface area contributed by atoms with Crippen LogP contribution in [0.5, 0.6) is 0 Å². The molecule has 0 radical (unpaired) electrons. The molecule has 0 unspecified atom stereocenters. The lowest BCUT2D eigenvalue weighted by Gasteiger charge is -2.13. The summed E-state index contributed by atoms with van der Waals surface area (Å²) in [6, 6.07) is 22.6. The van der Waals surface area contributed by atoms with E-state index in [0.717, 1.165) is 39.8 Å². The number of rotatable bonds is 6.